The zero-order valence-corrected chi connectivity index (χ0v) is 12.4. The molecule has 0 N–H and O–H groups in total. The second-order valence-corrected chi connectivity index (χ2v) is 2.45. The molecule has 1 rings (SSSR count). The second kappa shape index (κ2) is 6.10. The van der Waals surface area contributed by atoms with Crippen molar-refractivity contribution in [2.75, 3.05) is 0 Å². The molecule has 0 aliphatic carbocycles. The van der Waals surface area contributed by atoms with Crippen LogP contribution in [0.3, 0.4) is 0 Å². The van der Waals surface area contributed by atoms with Crippen LogP contribution in [-0.2, 0) is 11.5 Å². The van der Waals surface area contributed by atoms with Crippen LogP contribution in [0, 0.1) is 51.3 Å². The van der Waals surface area contributed by atoms with Gasteiger partial charge in [-0.3, -0.25) is 9.24 Å². The number of nitrogens with zero attached hydrogens (tertiary/aromatic N) is 3. The Kier molecular flexibility index (Phi) is 6.40. The van der Waals surface area contributed by atoms with Gasteiger partial charge >= 0.3 is 0 Å². The van der Waals surface area contributed by atoms with Crippen molar-refractivity contribution in [3.05, 3.63) is 17.7 Å². The van der Waals surface area contributed by atoms with Crippen molar-refractivity contribution in [2.24, 2.45) is 0 Å². The number of ether oxygens (including phenoxy) is 1. The zero-order valence-electron chi connectivity index (χ0n) is 7.11. The number of aryl methyl sites for hydroxylation is 2. The third kappa shape index (κ3) is 3.53. The smallest absolute Gasteiger partial charge is 0.129 e. The van der Waals surface area contributed by atoms with Crippen LogP contribution in [0.1, 0.15) is 11.4 Å². The van der Waals surface area contributed by atoms with Gasteiger partial charge < -0.3 is 4.74 Å². The van der Waals surface area contributed by atoms with Crippen LogP contribution in [0.15, 0.2) is 0 Å². The van der Waals surface area contributed by atoms with Gasteiger partial charge in [-0.25, -0.2) is 0 Å². The third-order valence-electron chi connectivity index (χ3n) is 1.34. The molecule has 0 bridgehead atoms. The minimum atomic E-state index is 0. The fraction of sp³-hybridized carbons (Fsp3) is 0.500. The van der Waals surface area contributed by atoms with Crippen molar-refractivity contribution in [1.82, 2.24) is 15.0 Å². The van der Waals surface area contributed by atoms with Crippen LogP contribution >= 0.6 is 9.24 Å². The number of rotatable bonds is 3. The summed E-state index contributed by atoms with van der Waals surface area (Å²) in [6.45, 7) is 4.21. The molecule has 1 aromatic rings. The first-order chi connectivity index (χ1) is 5.24. The largest absolute Gasteiger partial charge is 0.530 e. The van der Waals surface area contributed by atoms with Crippen LogP contribution in [-0.4, -0.2) is 15.0 Å². The first-order valence-electron chi connectivity index (χ1n) is 3.27. The van der Waals surface area contributed by atoms with Gasteiger partial charge in [-0.2, -0.15) is 21.3 Å². The maximum atomic E-state index is 4.96. The molecule has 0 spiro atoms. The van der Waals surface area contributed by atoms with E-state index in [2.05, 4.69) is 19.4 Å². The molecule has 0 aliphatic heterocycles. The summed E-state index contributed by atoms with van der Waals surface area (Å²) in [6, 6.07) is 0. The van der Waals surface area contributed by atoms with Crippen LogP contribution in [0.5, 0.6) is 0 Å². The molecule has 4 nitrogen and oxygen atoms in total. The Bertz CT molecular complexity index is 221. The van der Waals surface area contributed by atoms with E-state index in [1.54, 1.807) is 0 Å². The summed E-state index contributed by atoms with van der Waals surface area (Å²) in [5.41, 5.74) is 1.88. The predicted octanol–water partition coefficient (Wildman–Crippen LogP) is 0.863. The molecule has 6 heteroatoms. The summed E-state index contributed by atoms with van der Waals surface area (Å²) >= 11 is 0. The molecule has 66 valence electrons. The molecule has 1 heterocycles. The zero-order chi connectivity index (χ0) is 8.27. The van der Waals surface area contributed by atoms with Crippen molar-refractivity contribution in [3.8, 4) is 0 Å². The van der Waals surface area contributed by atoms with E-state index < -0.39 is 0 Å². The van der Waals surface area contributed by atoms with Gasteiger partial charge in [0.15, 0.2) is 0 Å². The average molecular weight is 410 g/mol. The first-order valence-corrected chi connectivity index (χ1v) is 3.94. The van der Waals surface area contributed by atoms with Crippen molar-refractivity contribution in [1.29, 1.82) is 0 Å². The Balaban J connectivity index is 0.00000121. The van der Waals surface area contributed by atoms with E-state index in [1.165, 1.54) is 11.1 Å². The maximum absolute atomic E-state index is 4.96. The van der Waals surface area contributed by atoms with Crippen LogP contribution < -0.4 is 0 Å². The molecule has 1 atom stereocenters. The van der Waals surface area contributed by atoms with Gasteiger partial charge in [-0.15, -0.1) is 0 Å². The molecule has 1 unspecified atom stereocenters. The van der Waals surface area contributed by atoms with Gasteiger partial charge in [-0.05, 0) is 13.8 Å². The number of hydrogen-bond donors (Lipinski definition) is 0. The molecule has 0 amide bonds. The van der Waals surface area contributed by atoms with E-state index in [-0.39, 0.29) is 31.1 Å². The summed E-state index contributed by atoms with van der Waals surface area (Å²) < 4.78 is 4.96. The van der Waals surface area contributed by atoms with Gasteiger partial charge in [0.05, 0.1) is 11.4 Å². The Morgan fingerprint density at radius 2 is 1.92 bits per heavy atom. The summed E-state index contributed by atoms with van der Waals surface area (Å²) in [5.74, 6) is 0. The number of aromatic nitrogens is 3. The van der Waals surface area contributed by atoms with E-state index in [0.29, 0.717) is 6.73 Å². The Hall–Kier alpha value is 0.582. The molecule has 0 saturated heterocycles. The minimum absolute atomic E-state index is 0. The normalized spacial score (nSPS) is 9.58. The van der Waals surface area contributed by atoms with Crippen molar-refractivity contribution < 1.29 is 35.9 Å². The van der Waals surface area contributed by atoms with Crippen LogP contribution in [0.25, 0.3) is 0 Å². The van der Waals surface area contributed by atoms with E-state index in [1.807, 2.05) is 13.8 Å². The maximum Gasteiger partial charge on any atom is 0.129 e. The third-order valence-corrected chi connectivity index (χ3v) is 1.53. The van der Waals surface area contributed by atoms with E-state index in [4.69, 9.17) is 4.74 Å². The van der Waals surface area contributed by atoms with Crippen molar-refractivity contribution in [3.63, 3.8) is 0 Å². The standard InChI is InChI=1S/C6H11N3OP.U/c1-5-6(2)8-9(7-5)3-10-4-11;/h4H,3,11H2,1-2H3;/q-1;. The van der Waals surface area contributed by atoms with Gasteiger partial charge in [0, 0.05) is 31.1 Å². The molecule has 0 radical (unpaired) electrons. The fourth-order valence-electron chi connectivity index (χ4n) is 0.681. The van der Waals surface area contributed by atoms with Gasteiger partial charge in [0.2, 0.25) is 0 Å². The Morgan fingerprint density at radius 3 is 2.33 bits per heavy atom. The van der Waals surface area contributed by atoms with E-state index in [9.17, 15) is 0 Å². The minimum Gasteiger partial charge on any atom is -0.530 e. The summed E-state index contributed by atoms with van der Waals surface area (Å²) in [4.78, 5) is 1.52. The van der Waals surface area contributed by atoms with E-state index in [0.717, 1.165) is 11.4 Å². The van der Waals surface area contributed by atoms with E-state index >= 15 is 0 Å². The molecule has 0 aliphatic rings. The quantitative estimate of drug-likeness (QED) is 0.549. The number of hydrogen-bond acceptors (Lipinski definition) is 3. The van der Waals surface area contributed by atoms with Gasteiger partial charge in [0.1, 0.15) is 6.73 Å². The topological polar surface area (TPSA) is 39.9 Å². The predicted molar refractivity (Wildman–Crippen MR) is 44.6 cm³/mol. The van der Waals surface area contributed by atoms with Crippen molar-refractivity contribution in [2.45, 2.75) is 20.6 Å². The fourth-order valence-corrected chi connectivity index (χ4v) is 0.767. The first kappa shape index (κ1) is 12.6. The summed E-state index contributed by atoms with van der Waals surface area (Å²) in [6.07, 6.45) is 1.54. The molecule has 0 aromatic carbocycles. The Morgan fingerprint density at radius 1 is 1.42 bits per heavy atom. The monoisotopic (exact) mass is 410 g/mol. The molecular weight excluding hydrogens is 399 g/mol. The summed E-state index contributed by atoms with van der Waals surface area (Å²) in [5, 5.41) is 8.20. The average Bonchev–Trinajstić information content (AvgIpc) is 2.28. The molecule has 0 fully saturated rings. The summed E-state index contributed by atoms with van der Waals surface area (Å²) in [7, 11) is 2.35. The Labute approximate surface area is 98.0 Å². The molecular formula is C6H11N3OPU-. The van der Waals surface area contributed by atoms with Crippen molar-refractivity contribution >= 4 is 9.24 Å². The molecule has 1 aromatic heterocycles. The van der Waals surface area contributed by atoms with Crippen LogP contribution in [0.2, 0.25) is 0 Å². The SMILES string of the molecule is Cc1nn(CO[CH-]P)nc1C.[U]. The van der Waals surface area contributed by atoms with Crippen LogP contribution in [0.4, 0.5) is 0 Å². The second-order valence-electron chi connectivity index (χ2n) is 2.17. The molecule has 0 saturated carbocycles. The molecule has 12 heavy (non-hydrogen) atoms. The van der Waals surface area contributed by atoms with Gasteiger partial charge in [0.25, 0.3) is 0 Å². The van der Waals surface area contributed by atoms with Gasteiger partial charge in [-0.1, -0.05) is 0 Å².